The van der Waals surface area contributed by atoms with Gasteiger partial charge in [-0.15, -0.1) is 0 Å². The molecule has 0 heterocycles. The highest BCUT2D eigenvalue weighted by Crippen LogP contribution is 2.47. The van der Waals surface area contributed by atoms with E-state index in [1.54, 1.807) is 6.07 Å². The van der Waals surface area contributed by atoms with Crippen molar-refractivity contribution in [2.24, 2.45) is 23.7 Å². The van der Waals surface area contributed by atoms with Gasteiger partial charge in [0.2, 0.25) is 0 Å². The number of nitrogens with zero attached hydrogens (tertiary/aromatic N) is 1. The molecule has 0 N–H and O–H groups in total. The van der Waals surface area contributed by atoms with E-state index in [1.807, 2.05) is 6.07 Å². The standard InChI is InChI=1S/C33H38F5NO/c1-20-2-4-23(5-3-20)25-12-15-28(30(34)16-25)24-8-6-21(7-9-24)22-10-13-26(14-11-22)33(37,38)40-27-17-31(35)29(19-39)32(36)18-27/h12,15-18,20-24,26H,2-11,13-14H2,1H3. The molecule has 5 rings (SSSR count). The number of nitriles is 1. The Kier molecular flexibility index (Phi) is 8.73. The van der Waals surface area contributed by atoms with E-state index in [1.165, 1.54) is 18.9 Å². The summed E-state index contributed by atoms with van der Waals surface area (Å²) in [7, 11) is 0. The summed E-state index contributed by atoms with van der Waals surface area (Å²) < 4.78 is 77.4. The molecule has 3 aliphatic rings. The largest absolute Gasteiger partial charge is 0.432 e. The van der Waals surface area contributed by atoms with Crippen molar-refractivity contribution in [3.8, 4) is 11.8 Å². The first kappa shape index (κ1) is 28.9. The monoisotopic (exact) mass is 559 g/mol. The number of rotatable bonds is 6. The summed E-state index contributed by atoms with van der Waals surface area (Å²) in [5.74, 6) is -1.95. The van der Waals surface area contributed by atoms with Crippen molar-refractivity contribution in [1.29, 1.82) is 5.26 Å². The third kappa shape index (κ3) is 6.31. The third-order valence-electron chi connectivity index (χ3n) is 10.0. The minimum atomic E-state index is -3.56. The molecule has 0 atom stereocenters. The van der Waals surface area contributed by atoms with E-state index in [0.29, 0.717) is 42.7 Å². The van der Waals surface area contributed by atoms with Crippen molar-refractivity contribution in [3.05, 3.63) is 64.5 Å². The molecule has 216 valence electrons. The van der Waals surface area contributed by atoms with E-state index >= 15 is 4.39 Å². The van der Waals surface area contributed by atoms with Gasteiger partial charge in [-0.25, -0.2) is 13.2 Å². The molecule has 0 unspecified atom stereocenters. The SMILES string of the molecule is CC1CCC(c2ccc(C3CCC(C4CCC(C(F)(F)Oc5cc(F)c(C#N)c(F)c5)CC4)CC3)c(F)c2)CC1. The summed E-state index contributed by atoms with van der Waals surface area (Å²) >= 11 is 0. The molecule has 3 saturated carbocycles. The van der Waals surface area contributed by atoms with Crippen LogP contribution < -0.4 is 4.74 Å². The number of ether oxygens (including phenoxy) is 1. The molecule has 40 heavy (non-hydrogen) atoms. The van der Waals surface area contributed by atoms with Gasteiger partial charge < -0.3 is 4.74 Å². The summed E-state index contributed by atoms with van der Waals surface area (Å²) in [4.78, 5) is 0. The highest BCUT2D eigenvalue weighted by molar-refractivity contribution is 5.38. The van der Waals surface area contributed by atoms with E-state index in [2.05, 4.69) is 13.0 Å². The Hall–Kier alpha value is -2.62. The molecule has 0 saturated heterocycles. The lowest BCUT2D eigenvalue weighted by Crippen LogP contribution is -2.38. The van der Waals surface area contributed by atoms with Gasteiger partial charge in [-0.1, -0.05) is 31.9 Å². The van der Waals surface area contributed by atoms with E-state index in [-0.39, 0.29) is 24.6 Å². The van der Waals surface area contributed by atoms with Crippen LogP contribution in [0.25, 0.3) is 0 Å². The molecule has 0 spiro atoms. The minimum Gasteiger partial charge on any atom is -0.432 e. The number of hydrogen-bond donors (Lipinski definition) is 0. The number of benzene rings is 2. The van der Waals surface area contributed by atoms with Crippen molar-refractivity contribution in [1.82, 2.24) is 0 Å². The van der Waals surface area contributed by atoms with Gasteiger partial charge in [0.05, 0.1) is 5.92 Å². The summed E-state index contributed by atoms with van der Waals surface area (Å²) in [5, 5.41) is 8.77. The third-order valence-corrected chi connectivity index (χ3v) is 10.0. The second kappa shape index (κ2) is 12.1. The quantitative estimate of drug-likeness (QED) is 0.330. The Labute approximate surface area is 233 Å². The summed E-state index contributed by atoms with van der Waals surface area (Å²) in [6.07, 6.45) is 6.75. The van der Waals surface area contributed by atoms with Crippen molar-refractivity contribution in [2.45, 2.75) is 102 Å². The molecule has 0 radical (unpaired) electrons. The van der Waals surface area contributed by atoms with Crippen LogP contribution in [0, 0.1) is 52.5 Å². The maximum absolute atomic E-state index is 15.2. The van der Waals surface area contributed by atoms with Crippen LogP contribution in [0.3, 0.4) is 0 Å². The van der Waals surface area contributed by atoms with Gasteiger partial charge >= 0.3 is 6.11 Å². The zero-order valence-corrected chi connectivity index (χ0v) is 23.1. The molecule has 2 nitrogen and oxygen atoms in total. The minimum absolute atomic E-state index is 0.0793. The van der Waals surface area contributed by atoms with Gasteiger partial charge in [0.15, 0.2) is 0 Å². The Morgan fingerprint density at radius 1 is 0.725 bits per heavy atom. The molecular weight excluding hydrogens is 521 g/mol. The van der Waals surface area contributed by atoms with Crippen LogP contribution in [0.2, 0.25) is 0 Å². The van der Waals surface area contributed by atoms with Crippen LogP contribution in [0.1, 0.15) is 112 Å². The molecule has 0 bridgehead atoms. The highest BCUT2D eigenvalue weighted by Gasteiger charge is 2.45. The van der Waals surface area contributed by atoms with Crippen LogP contribution in [0.5, 0.6) is 5.75 Å². The molecular formula is C33H38F5NO. The fourth-order valence-corrected chi connectivity index (χ4v) is 7.51. The van der Waals surface area contributed by atoms with Gasteiger partial charge in [-0.3, -0.25) is 0 Å². The first-order chi connectivity index (χ1) is 19.1. The van der Waals surface area contributed by atoms with Crippen LogP contribution in [-0.4, -0.2) is 6.11 Å². The van der Waals surface area contributed by atoms with Crippen LogP contribution in [-0.2, 0) is 0 Å². The maximum Gasteiger partial charge on any atom is 0.400 e. The smallest absolute Gasteiger partial charge is 0.400 e. The average Bonchev–Trinajstić information content (AvgIpc) is 2.93. The first-order valence-corrected chi connectivity index (χ1v) is 14.9. The lowest BCUT2D eigenvalue weighted by atomic mass is 9.68. The van der Waals surface area contributed by atoms with Crippen molar-refractivity contribution in [3.63, 3.8) is 0 Å². The van der Waals surface area contributed by atoms with E-state index in [9.17, 15) is 17.6 Å². The topological polar surface area (TPSA) is 33.0 Å². The summed E-state index contributed by atoms with van der Waals surface area (Å²) in [5.41, 5.74) is 1.14. The van der Waals surface area contributed by atoms with Crippen LogP contribution >= 0.6 is 0 Å². The molecule has 2 aromatic rings. The molecule has 2 aromatic carbocycles. The Morgan fingerprint density at radius 3 is 1.82 bits per heavy atom. The van der Waals surface area contributed by atoms with Crippen molar-refractivity contribution < 1.29 is 26.7 Å². The van der Waals surface area contributed by atoms with Crippen LogP contribution in [0.4, 0.5) is 22.0 Å². The van der Waals surface area contributed by atoms with Gasteiger partial charge in [-0.2, -0.15) is 14.0 Å². The van der Waals surface area contributed by atoms with Gasteiger partial charge in [0.1, 0.15) is 34.8 Å². The van der Waals surface area contributed by atoms with E-state index in [4.69, 9.17) is 10.00 Å². The number of alkyl halides is 2. The summed E-state index contributed by atoms with van der Waals surface area (Å²) in [6, 6.07) is 8.55. The molecule has 0 amide bonds. The molecule has 3 aliphatic carbocycles. The zero-order chi connectivity index (χ0) is 28.4. The average molecular weight is 560 g/mol. The predicted molar refractivity (Wildman–Crippen MR) is 144 cm³/mol. The lowest BCUT2D eigenvalue weighted by Gasteiger charge is -2.39. The molecule has 3 fully saturated rings. The Bertz CT molecular complexity index is 1190. The fraction of sp³-hybridized carbons (Fsp3) is 0.606. The van der Waals surface area contributed by atoms with Gasteiger partial charge in [0, 0.05) is 12.1 Å². The molecule has 7 heteroatoms. The van der Waals surface area contributed by atoms with E-state index < -0.39 is 35.0 Å². The maximum atomic E-state index is 15.2. The zero-order valence-electron chi connectivity index (χ0n) is 23.1. The highest BCUT2D eigenvalue weighted by atomic mass is 19.3. The number of hydrogen-bond acceptors (Lipinski definition) is 2. The molecule has 0 aromatic heterocycles. The van der Waals surface area contributed by atoms with Gasteiger partial charge in [0.25, 0.3) is 0 Å². The van der Waals surface area contributed by atoms with Crippen LogP contribution in [0.15, 0.2) is 30.3 Å². The second-order valence-electron chi connectivity index (χ2n) is 12.5. The second-order valence-corrected chi connectivity index (χ2v) is 12.5. The fourth-order valence-electron chi connectivity index (χ4n) is 7.51. The predicted octanol–water partition coefficient (Wildman–Crippen LogP) is 10.0. The van der Waals surface area contributed by atoms with Crippen molar-refractivity contribution >= 4 is 0 Å². The number of halogens is 5. The Morgan fingerprint density at radius 2 is 1.27 bits per heavy atom. The molecule has 0 aliphatic heterocycles. The van der Waals surface area contributed by atoms with Gasteiger partial charge in [-0.05, 0) is 111 Å². The first-order valence-electron chi connectivity index (χ1n) is 14.9. The summed E-state index contributed by atoms with van der Waals surface area (Å²) in [6.45, 7) is 2.29. The normalized spacial score (nSPS) is 29.5. The van der Waals surface area contributed by atoms with Crippen molar-refractivity contribution in [2.75, 3.05) is 0 Å². The Balaban J connectivity index is 1.11. The lowest BCUT2D eigenvalue weighted by molar-refractivity contribution is -0.224. The van der Waals surface area contributed by atoms with E-state index in [0.717, 1.165) is 55.6 Å².